The van der Waals surface area contributed by atoms with Crippen LogP contribution in [0.5, 0.6) is 0 Å². The lowest BCUT2D eigenvalue weighted by Crippen LogP contribution is -2.34. The van der Waals surface area contributed by atoms with Crippen molar-refractivity contribution in [3.63, 3.8) is 0 Å². The Morgan fingerprint density at radius 1 is 0.881 bits per heavy atom. The first-order chi connectivity index (χ1) is 28.5. The van der Waals surface area contributed by atoms with Crippen LogP contribution >= 0.6 is 23.4 Å². The molecule has 14 heteroatoms. The molecule has 4 unspecified atom stereocenters. The summed E-state index contributed by atoms with van der Waals surface area (Å²) < 4.78 is 70.6. The zero-order valence-electron chi connectivity index (χ0n) is 32.3. The molecule has 59 heavy (non-hydrogen) atoms. The number of piperidine rings is 1. The summed E-state index contributed by atoms with van der Waals surface area (Å²) in [5.41, 5.74) is -0.102. The molecule has 2 fully saturated rings. The fraction of sp³-hybridized carbons (Fsp3) is 0.311. The maximum Gasteiger partial charge on any atom is 0.475 e. The Kier molecular flexibility index (Phi) is 14.5. The first kappa shape index (κ1) is 43.0. The number of hydrogen-bond donors (Lipinski definition) is 3. The zero-order chi connectivity index (χ0) is 41.4. The van der Waals surface area contributed by atoms with E-state index in [9.17, 15) is 26.4 Å². The van der Waals surface area contributed by atoms with E-state index in [0.717, 1.165) is 74.0 Å². The molecule has 7 nitrogen and oxygen atoms in total. The minimum absolute atomic E-state index is 0.0479. The first-order valence-electron chi connectivity index (χ1n) is 19.7. The fourth-order valence-corrected chi connectivity index (χ4v) is 10.6. The SMILES string of the molecule is O=C(NS(=O)c1ccc(NC(CSc2ccccc2)CC2CCCN2)c(S(=O)C(F)(F)F)c1)c1ccc(N2CCC(Cc3ccccc3-c3ccc(Cl)cc3)CC2)cc1. The van der Waals surface area contributed by atoms with Crippen molar-refractivity contribution in [3.8, 4) is 11.1 Å². The van der Waals surface area contributed by atoms with Gasteiger partial charge in [-0.05, 0) is 134 Å². The molecule has 5 aromatic rings. The molecule has 2 saturated heterocycles. The number of nitrogens with zero attached hydrogens (tertiary/aromatic N) is 1. The molecule has 0 spiro atoms. The topological polar surface area (TPSA) is 90.5 Å². The molecular weight excluding hydrogens is 833 g/mol. The Hall–Kier alpha value is -4.14. The van der Waals surface area contributed by atoms with Gasteiger partial charge in [0.25, 0.3) is 5.91 Å². The van der Waals surface area contributed by atoms with Crippen molar-refractivity contribution in [1.29, 1.82) is 0 Å². The maximum absolute atomic E-state index is 14.0. The van der Waals surface area contributed by atoms with Gasteiger partial charge >= 0.3 is 5.51 Å². The van der Waals surface area contributed by atoms with Crippen molar-refractivity contribution in [2.24, 2.45) is 5.92 Å². The summed E-state index contributed by atoms with van der Waals surface area (Å²) in [5.74, 6) is 0.436. The lowest BCUT2D eigenvalue weighted by molar-refractivity contribution is -0.0384. The third-order valence-electron chi connectivity index (χ3n) is 10.8. The van der Waals surface area contributed by atoms with Gasteiger partial charge in [0.05, 0.1) is 15.5 Å². The summed E-state index contributed by atoms with van der Waals surface area (Å²) in [6.07, 6.45) is 5.62. The molecule has 0 radical (unpaired) electrons. The summed E-state index contributed by atoms with van der Waals surface area (Å²) in [6.45, 7) is 2.60. The van der Waals surface area contributed by atoms with Gasteiger partial charge in [0.15, 0.2) is 21.8 Å². The molecule has 310 valence electrons. The Morgan fingerprint density at radius 2 is 1.59 bits per heavy atom. The quantitative estimate of drug-likeness (QED) is 0.0903. The van der Waals surface area contributed by atoms with E-state index in [-0.39, 0.29) is 28.2 Å². The van der Waals surface area contributed by atoms with Gasteiger partial charge in [0.1, 0.15) is 0 Å². The molecule has 4 atom stereocenters. The Morgan fingerprint density at radius 3 is 2.29 bits per heavy atom. The van der Waals surface area contributed by atoms with E-state index in [2.05, 4.69) is 56.7 Å². The summed E-state index contributed by atoms with van der Waals surface area (Å²) in [5, 5.41) is 7.40. The van der Waals surface area contributed by atoms with E-state index in [1.165, 1.54) is 23.3 Å². The van der Waals surface area contributed by atoms with Gasteiger partial charge in [0, 0.05) is 52.1 Å². The molecule has 2 aliphatic rings. The Bertz CT molecular complexity index is 2230. The monoisotopic (exact) mass is 878 g/mol. The number of hydrogen-bond acceptors (Lipinski definition) is 7. The fourth-order valence-electron chi connectivity index (χ4n) is 7.76. The summed E-state index contributed by atoms with van der Waals surface area (Å²) in [4.78, 5) is 15.9. The number of anilines is 2. The second-order valence-electron chi connectivity index (χ2n) is 14.9. The van der Waals surface area contributed by atoms with Crippen LogP contribution in [0, 0.1) is 5.92 Å². The van der Waals surface area contributed by atoms with Gasteiger partial charge in [-0.1, -0.05) is 66.2 Å². The number of carbonyl (C=O) groups excluding carboxylic acids is 1. The number of rotatable bonds is 15. The van der Waals surface area contributed by atoms with E-state index in [1.807, 2.05) is 54.6 Å². The van der Waals surface area contributed by atoms with Crippen molar-refractivity contribution in [2.75, 3.05) is 35.6 Å². The Labute approximate surface area is 358 Å². The molecular formula is C45H46ClF3N4O3S3. The maximum atomic E-state index is 14.0. The number of benzene rings is 5. The average Bonchev–Trinajstić information content (AvgIpc) is 3.77. The highest BCUT2D eigenvalue weighted by molar-refractivity contribution is 7.99. The lowest BCUT2D eigenvalue weighted by Gasteiger charge is -2.34. The molecule has 0 aliphatic carbocycles. The predicted octanol–water partition coefficient (Wildman–Crippen LogP) is 10.3. The standard InChI is InChI=1S/C45H46ClF3N4O3S3/c46-35-16-12-32(13-17-35)41-11-5-4-7-34(41)27-31-22-25-53(26-23-31)38-18-14-33(15-19-38)44(54)52-59(56)40-20-21-42(43(29-40)58(55)45(47,48)49)51-37(28-36-8-6-24-50-36)30-57-39-9-2-1-3-10-39/h1-5,7,9-21,29,31,36-37,50-51H,6,8,22-28,30H2,(H,52,54). The van der Waals surface area contributed by atoms with Crippen LogP contribution in [0.2, 0.25) is 5.02 Å². The largest absolute Gasteiger partial charge is 0.475 e. The molecule has 5 aromatic carbocycles. The van der Waals surface area contributed by atoms with Gasteiger partial charge in [-0.2, -0.15) is 13.2 Å². The molecule has 2 aliphatic heterocycles. The number of thioether (sulfide) groups is 1. The second kappa shape index (κ2) is 19.9. The van der Waals surface area contributed by atoms with E-state index in [0.29, 0.717) is 23.1 Å². The highest BCUT2D eigenvalue weighted by atomic mass is 35.5. The van der Waals surface area contributed by atoms with Crippen molar-refractivity contribution in [3.05, 3.63) is 137 Å². The zero-order valence-corrected chi connectivity index (χ0v) is 35.5. The molecule has 2 heterocycles. The smallest absolute Gasteiger partial charge is 0.380 e. The van der Waals surface area contributed by atoms with Crippen molar-refractivity contribution < 1.29 is 26.4 Å². The van der Waals surface area contributed by atoms with Crippen molar-refractivity contribution in [1.82, 2.24) is 10.0 Å². The molecule has 3 N–H and O–H groups in total. The van der Waals surface area contributed by atoms with Crippen LogP contribution in [0.25, 0.3) is 11.1 Å². The molecule has 0 saturated carbocycles. The summed E-state index contributed by atoms with van der Waals surface area (Å²) in [7, 11) is -5.64. The van der Waals surface area contributed by atoms with Gasteiger partial charge in [0.2, 0.25) is 0 Å². The van der Waals surface area contributed by atoms with E-state index in [1.54, 1.807) is 23.9 Å². The molecule has 0 bridgehead atoms. The van der Waals surface area contributed by atoms with Crippen molar-refractivity contribution >= 4 is 62.4 Å². The van der Waals surface area contributed by atoms with Crippen LogP contribution in [0.4, 0.5) is 24.5 Å². The van der Waals surface area contributed by atoms with Crippen LogP contribution in [-0.4, -0.2) is 57.3 Å². The van der Waals surface area contributed by atoms with Crippen LogP contribution in [-0.2, 0) is 28.2 Å². The van der Waals surface area contributed by atoms with Crippen LogP contribution < -0.4 is 20.3 Å². The lowest BCUT2D eigenvalue weighted by atomic mass is 9.87. The minimum Gasteiger partial charge on any atom is -0.380 e. The molecule has 1 amide bonds. The van der Waals surface area contributed by atoms with Gasteiger partial charge in [-0.15, -0.1) is 11.8 Å². The third kappa shape index (κ3) is 11.6. The van der Waals surface area contributed by atoms with Crippen LogP contribution in [0.3, 0.4) is 0 Å². The van der Waals surface area contributed by atoms with E-state index < -0.39 is 38.1 Å². The predicted molar refractivity (Wildman–Crippen MR) is 235 cm³/mol. The molecule has 0 aromatic heterocycles. The third-order valence-corrected chi connectivity index (χ3v) is 14.5. The number of alkyl halides is 3. The van der Waals surface area contributed by atoms with Crippen LogP contribution in [0.15, 0.2) is 136 Å². The second-order valence-corrected chi connectivity index (χ2v) is 19.1. The van der Waals surface area contributed by atoms with Crippen molar-refractivity contribution in [2.45, 2.75) is 70.8 Å². The normalized spacial score (nSPS) is 17.6. The van der Waals surface area contributed by atoms with Crippen LogP contribution in [0.1, 0.15) is 48.0 Å². The highest BCUT2D eigenvalue weighted by Crippen LogP contribution is 2.35. The minimum atomic E-state index is -5.05. The van der Waals surface area contributed by atoms with Gasteiger partial charge in [-0.25, -0.2) is 8.42 Å². The number of halogens is 4. The Balaban J connectivity index is 0.975. The summed E-state index contributed by atoms with van der Waals surface area (Å²) >= 11 is 7.71. The van der Waals surface area contributed by atoms with E-state index in [4.69, 9.17) is 11.6 Å². The summed E-state index contributed by atoms with van der Waals surface area (Å²) in [6, 6.07) is 36.9. The average molecular weight is 880 g/mol. The number of nitrogens with one attached hydrogen (secondary N) is 3. The van der Waals surface area contributed by atoms with E-state index >= 15 is 0 Å². The van der Waals surface area contributed by atoms with Gasteiger partial charge in [-0.3, -0.25) is 9.52 Å². The molecule has 7 rings (SSSR count). The first-order valence-corrected chi connectivity index (χ1v) is 23.4. The highest BCUT2D eigenvalue weighted by Gasteiger charge is 2.40. The van der Waals surface area contributed by atoms with Gasteiger partial charge < -0.3 is 15.5 Å². The number of carbonyl (C=O) groups is 1. The number of amides is 1.